The zero-order chi connectivity index (χ0) is 17.5. The molecule has 2 rings (SSSR count). The van der Waals surface area contributed by atoms with E-state index in [-0.39, 0.29) is 13.2 Å². The van der Waals surface area contributed by atoms with Gasteiger partial charge in [-0.3, -0.25) is 14.4 Å². The van der Waals surface area contributed by atoms with E-state index in [1.54, 1.807) is 12.1 Å². The Bertz CT molecular complexity index is 768. The molecule has 0 amide bonds. The highest BCUT2D eigenvalue weighted by atomic mass is 16.6. The molecule has 0 saturated heterocycles. The highest BCUT2D eigenvalue weighted by Crippen LogP contribution is 2.08. The Kier molecular flexibility index (Phi) is 5.73. The second-order valence-electron chi connectivity index (χ2n) is 5.13. The van der Waals surface area contributed by atoms with Crippen molar-refractivity contribution >= 4 is 11.9 Å². The van der Waals surface area contributed by atoms with Crippen LogP contribution >= 0.6 is 0 Å². The van der Waals surface area contributed by atoms with Gasteiger partial charge in [0.2, 0.25) is 5.43 Å². The molecule has 0 radical (unpaired) electrons. The number of carbonyl (C=O) groups is 2. The first-order valence-corrected chi connectivity index (χ1v) is 7.25. The number of esters is 2. The average molecular weight is 331 g/mol. The first-order valence-electron chi connectivity index (χ1n) is 7.25. The Hall–Kier alpha value is -3.09. The number of ether oxygens (including phenoxy) is 2. The normalized spacial score (nSPS) is 11.5. The van der Waals surface area contributed by atoms with Gasteiger partial charge in [-0.1, -0.05) is 30.3 Å². The molecule has 0 aliphatic heterocycles. The van der Waals surface area contributed by atoms with E-state index in [9.17, 15) is 14.4 Å². The minimum Gasteiger partial charge on any atom is -0.503 e. The molecule has 7 nitrogen and oxygen atoms in total. The van der Waals surface area contributed by atoms with E-state index in [1.165, 1.54) is 6.92 Å². The van der Waals surface area contributed by atoms with E-state index in [2.05, 4.69) is 4.98 Å². The lowest BCUT2D eigenvalue weighted by molar-refractivity contribution is -0.162. The number of carbonyl (C=O) groups excluding carboxylic acids is 2. The summed E-state index contributed by atoms with van der Waals surface area (Å²) in [5.41, 5.74) is 0.527. The second-order valence-corrected chi connectivity index (χ2v) is 5.13. The first-order chi connectivity index (χ1) is 11.5. The number of H-pyrrole nitrogens is 1. The lowest BCUT2D eigenvalue weighted by Gasteiger charge is -2.11. The summed E-state index contributed by atoms with van der Waals surface area (Å²) in [7, 11) is 0. The molecule has 24 heavy (non-hydrogen) atoms. The van der Waals surface area contributed by atoms with Gasteiger partial charge in [0.05, 0.1) is 5.69 Å². The third-order valence-corrected chi connectivity index (χ3v) is 3.25. The molecule has 2 N–H and O–H groups in total. The Morgan fingerprint density at radius 3 is 2.38 bits per heavy atom. The molecule has 0 bridgehead atoms. The summed E-state index contributed by atoms with van der Waals surface area (Å²) in [6, 6.07) is 10.2. The summed E-state index contributed by atoms with van der Waals surface area (Å²) >= 11 is 0. The van der Waals surface area contributed by atoms with Crippen LogP contribution < -0.4 is 5.43 Å². The number of pyridine rings is 1. The van der Waals surface area contributed by atoms with Crippen molar-refractivity contribution < 1.29 is 24.2 Å². The lowest BCUT2D eigenvalue weighted by atomic mass is 10.2. The van der Waals surface area contributed by atoms with Crippen molar-refractivity contribution in [1.29, 1.82) is 0 Å². The maximum absolute atomic E-state index is 11.9. The minimum atomic E-state index is -1.09. The molecule has 0 aliphatic carbocycles. The molecular weight excluding hydrogens is 314 g/mol. The van der Waals surface area contributed by atoms with Gasteiger partial charge in [-0.25, -0.2) is 0 Å². The van der Waals surface area contributed by atoms with Crippen molar-refractivity contribution in [3.8, 4) is 5.75 Å². The van der Waals surface area contributed by atoms with Gasteiger partial charge < -0.3 is 19.6 Å². The van der Waals surface area contributed by atoms with Gasteiger partial charge in [0.25, 0.3) is 0 Å². The third kappa shape index (κ3) is 4.70. The fourth-order valence-electron chi connectivity index (χ4n) is 1.81. The molecule has 1 heterocycles. The van der Waals surface area contributed by atoms with Crippen molar-refractivity contribution in [2.24, 2.45) is 5.92 Å². The molecule has 0 aliphatic rings. The smallest absolute Gasteiger partial charge is 0.320 e. The molecule has 0 saturated carbocycles. The number of aromatic nitrogens is 1. The number of aromatic hydroxyl groups is 1. The summed E-state index contributed by atoms with van der Waals surface area (Å²) in [4.78, 5) is 37.6. The summed E-state index contributed by atoms with van der Waals surface area (Å²) in [5.74, 6) is -2.97. The maximum atomic E-state index is 11.9. The predicted molar refractivity (Wildman–Crippen MR) is 83.9 cm³/mol. The predicted octanol–water partition coefficient (Wildman–Crippen LogP) is 1.50. The molecule has 7 heteroatoms. The van der Waals surface area contributed by atoms with Gasteiger partial charge in [-0.15, -0.1) is 0 Å². The zero-order valence-electron chi connectivity index (χ0n) is 13.0. The number of rotatable bonds is 6. The SMILES string of the molecule is C[C@@H](C(=O)OCc1ccccc1)C(=O)OCc1cc(=O)c(O)c[nH]1. The van der Waals surface area contributed by atoms with Crippen LogP contribution in [0.5, 0.6) is 5.75 Å². The maximum Gasteiger partial charge on any atom is 0.320 e. The number of hydrogen-bond acceptors (Lipinski definition) is 6. The Labute approximate surface area is 137 Å². The van der Waals surface area contributed by atoms with Crippen LogP contribution in [-0.4, -0.2) is 22.0 Å². The Morgan fingerprint density at radius 1 is 1.12 bits per heavy atom. The molecule has 1 aromatic heterocycles. The monoisotopic (exact) mass is 331 g/mol. The topological polar surface area (TPSA) is 106 Å². The van der Waals surface area contributed by atoms with Crippen molar-refractivity contribution in [1.82, 2.24) is 4.98 Å². The van der Waals surface area contributed by atoms with Crippen LogP contribution in [0.1, 0.15) is 18.2 Å². The van der Waals surface area contributed by atoms with Crippen LogP contribution in [0, 0.1) is 5.92 Å². The van der Waals surface area contributed by atoms with E-state index < -0.39 is 29.0 Å². The molecule has 126 valence electrons. The standard InChI is InChI=1S/C17H17NO6/c1-11(16(21)23-9-12-5-3-2-4-6-12)17(22)24-10-13-7-14(19)15(20)8-18-13/h2-8,11,20H,9-10H2,1H3,(H,18,19)/t11-/m0/s1. The van der Waals surface area contributed by atoms with Crippen LogP contribution in [0.25, 0.3) is 0 Å². The van der Waals surface area contributed by atoms with E-state index in [0.29, 0.717) is 5.69 Å². The summed E-state index contributed by atoms with van der Waals surface area (Å²) < 4.78 is 10.0. The van der Waals surface area contributed by atoms with Crippen LogP contribution in [0.4, 0.5) is 0 Å². The number of aromatic amines is 1. The van der Waals surface area contributed by atoms with E-state index in [4.69, 9.17) is 14.6 Å². The van der Waals surface area contributed by atoms with Gasteiger partial charge >= 0.3 is 11.9 Å². The van der Waals surface area contributed by atoms with Crippen LogP contribution in [0.15, 0.2) is 47.4 Å². The number of benzene rings is 1. The average Bonchev–Trinajstić information content (AvgIpc) is 2.60. The zero-order valence-corrected chi connectivity index (χ0v) is 13.0. The Morgan fingerprint density at radius 2 is 1.75 bits per heavy atom. The minimum absolute atomic E-state index is 0.0720. The second kappa shape index (κ2) is 7.96. The largest absolute Gasteiger partial charge is 0.503 e. The van der Waals surface area contributed by atoms with Gasteiger partial charge in [0.15, 0.2) is 11.7 Å². The van der Waals surface area contributed by atoms with E-state index >= 15 is 0 Å². The fraction of sp³-hybridized carbons (Fsp3) is 0.235. The summed E-state index contributed by atoms with van der Waals surface area (Å²) in [6.45, 7) is 1.24. The molecule has 0 unspecified atom stereocenters. The van der Waals surface area contributed by atoms with Gasteiger partial charge in [-0.2, -0.15) is 0 Å². The van der Waals surface area contributed by atoms with Crippen LogP contribution in [-0.2, 0) is 32.3 Å². The van der Waals surface area contributed by atoms with Crippen molar-refractivity contribution in [3.05, 3.63) is 64.1 Å². The molecule has 1 aromatic carbocycles. The number of hydrogen-bond donors (Lipinski definition) is 2. The first kappa shape index (κ1) is 17.3. The van der Waals surface area contributed by atoms with E-state index in [1.807, 2.05) is 18.2 Å². The van der Waals surface area contributed by atoms with Gasteiger partial charge in [-0.05, 0) is 12.5 Å². The van der Waals surface area contributed by atoms with E-state index in [0.717, 1.165) is 17.8 Å². The Balaban J connectivity index is 1.83. The van der Waals surface area contributed by atoms with Gasteiger partial charge in [0, 0.05) is 12.3 Å². The molecule has 2 aromatic rings. The summed E-state index contributed by atoms with van der Waals surface area (Å²) in [6.07, 6.45) is 1.10. The molecule has 1 atom stereocenters. The molecular formula is C17H17NO6. The third-order valence-electron chi connectivity index (χ3n) is 3.25. The highest BCUT2D eigenvalue weighted by molar-refractivity contribution is 5.94. The van der Waals surface area contributed by atoms with Crippen molar-refractivity contribution in [2.45, 2.75) is 20.1 Å². The molecule has 0 spiro atoms. The van der Waals surface area contributed by atoms with Crippen molar-refractivity contribution in [3.63, 3.8) is 0 Å². The fourth-order valence-corrected chi connectivity index (χ4v) is 1.81. The lowest BCUT2D eigenvalue weighted by Crippen LogP contribution is -2.25. The summed E-state index contributed by atoms with van der Waals surface area (Å²) in [5, 5.41) is 9.12. The van der Waals surface area contributed by atoms with Crippen LogP contribution in [0.2, 0.25) is 0 Å². The molecule has 0 fully saturated rings. The van der Waals surface area contributed by atoms with Crippen molar-refractivity contribution in [2.75, 3.05) is 0 Å². The number of nitrogens with one attached hydrogen (secondary N) is 1. The van der Waals surface area contributed by atoms with Crippen LogP contribution in [0.3, 0.4) is 0 Å². The quantitative estimate of drug-likeness (QED) is 0.614. The van der Waals surface area contributed by atoms with Gasteiger partial charge in [0.1, 0.15) is 13.2 Å². The highest BCUT2D eigenvalue weighted by Gasteiger charge is 2.24.